The largest absolute Gasteiger partial charge is 0.378 e. The Morgan fingerprint density at radius 2 is 1.77 bits per heavy atom. The second-order valence-electron chi connectivity index (χ2n) is 7.12. The average Bonchev–Trinajstić information content (AvgIpc) is 2.69. The molecule has 0 atom stereocenters. The van der Waals surface area contributed by atoms with Crippen molar-refractivity contribution >= 4 is 26.5 Å². The molecular formula is C20H19F2N3O4S. The minimum Gasteiger partial charge on any atom is -0.378 e. The molecule has 0 spiro atoms. The fourth-order valence-corrected chi connectivity index (χ4v) is 4.89. The summed E-state index contributed by atoms with van der Waals surface area (Å²) in [4.78, 5) is 14.3. The van der Waals surface area contributed by atoms with E-state index in [1.165, 1.54) is 16.0 Å². The summed E-state index contributed by atoms with van der Waals surface area (Å²) in [7, 11) is -4.16. The van der Waals surface area contributed by atoms with Crippen molar-refractivity contribution in [3.05, 3.63) is 59.2 Å². The molecule has 0 radical (unpaired) electrons. The number of ether oxygens (including phenoxy) is 1. The minimum atomic E-state index is -4.16. The van der Waals surface area contributed by atoms with Crippen LogP contribution in [0.15, 0.2) is 46.4 Å². The van der Waals surface area contributed by atoms with E-state index in [9.17, 15) is 22.0 Å². The highest BCUT2D eigenvalue weighted by molar-refractivity contribution is 8.08. The van der Waals surface area contributed by atoms with Crippen molar-refractivity contribution in [2.75, 3.05) is 31.3 Å². The number of carbonyl (C=O) groups excluding carboxylic acids is 1. The highest BCUT2D eigenvalue weighted by Crippen LogP contribution is 2.34. The summed E-state index contributed by atoms with van der Waals surface area (Å²) in [6.07, 6.45) is 0. The lowest BCUT2D eigenvalue weighted by molar-refractivity contribution is -0.127. The molecule has 7 nitrogen and oxygen atoms in total. The predicted molar refractivity (Wildman–Crippen MR) is 106 cm³/mol. The second-order valence-corrected chi connectivity index (χ2v) is 8.95. The Labute approximate surface area is 172 Å². The molecule has 2 aromatic rings. The molecule has 2 aliphatic heterocycles. The lowest BCUT2D eigenvalue weighted by atomic mass is 10.1. The fraction of sp³-hybridized carbons (Fsp3) is 0.300. The Morgan fingerprint density at radius 1 is 1.10 bits per heavy atom. The molecule has 1 saturated heterocycles. The maximum absolute atomic E-state index is 13.7. The zero-order valence-corrected chi connectivity index (χ0v) is 17.0. The highest BCUT2D eigenvalue weighted by atomic mass is 32.2. The summed E-state index contributed by atoms with van der Waals surface area (Å²) >= 11 is 0. The number of aryl methyl sites for hydroxylation is 1. The molecule has 0 aromatic heterocycles. The second kappa shape index (κ2) is 7.77. The molecule has 0 N–H and O–H groups in total. The first kappa shape index (κ1) is 20.4. The van der Waals surface area contributed by atoms with Crippen LogP contribution in [0.4, 0.5) is 14.5 Å². The summed E-state index contributed by atoms with van der Waals surface area (Å²) < 4.78 is 58.8. The van der Waals surface area contributed by atoms with Gasteiger partial charge in [-0.2, -0.15) is 5.10 Å². The lowest BCUT2D eigenvalue weighted by Crippen LogP contribution is -2.47. The number of carbonyl (C=O) groups is 1. The number of hydrogen-bond acceptors (Lipinski definition) is 6. The number of benzene rings is 2. The number of morpholine rings is 1. The maximum Gasteiger partial charge on any atom is 0.286 e. The normalized spacial score (nSPS) is 18.0. The van der Waals surface area contributed by atoms with Crippen molar-refractivity contribution in [2.24, 2.45) is 5.10 Å². The number of amides is 1. The summed E-state index contributed by atoms with van der Waals surface area (Å²) in [5.41, 5.74) is 1.27. The third-order valence-electron chi connectivity index (χ3n) is 4.88. The molecular weight excluding hydrogens is 416 g/mol. The molecule has 10 heteroatoms. The van der Waals surface area contributed by atoms with Crippen LogP contribution in [0.2, 0.25) is 0 Å². The van der Waals surface area contributed by atoms with Crippen LogP contribution < -0.4 is 5.01 Å². The molecule has 0 aliphatic carbocycles. The van der Waals surface area contributed by atoms with Crippen molar-refractivity contribution in [1.82, 2.24) is 4.90 Å². The summed E-state index contributed by atoms with van der Waals surface area (Å²) in [5, 5.41) is 4.82. The van der Waals surface area contributed by atoms with Crippen LogP contribution in [0.5, 0.6) is 0 Å². The van der Waals surface area contributed by atoms with Gasteiger partial charge in [-0.05, 0) is 42.3 Å². The van der Waals surface area contributed by atoms with Gasteiger partial charge in [0.1, 0.15) is 11.6 Å². The Balaban J connectivity index is 1.79. The molecule has 30 heavy (non-hydrogen) atoms. The van der Waals surface area contributed by atoms with Crippen LogP contribution in [-0.2, 0) is 25.9 Å². The van der Waals surface area contributed by atoms with Crippen molar-refractivity contribution in [3.8, 4) is 0 Å². The summed E-state index contributed by atoms with van der Waals surface area (Å²) in [5.74, 6) is -2.24. The Kier molecular flexibility index (Phi) is 5.29. The quantitative estimate of drug-likeness (QED) is 0.739. The zero-order chi connectivity index (χ0) is 21.5. The van der Waals surface area contributed by atoms with Gasteiger partial charge in [-0.3, -0.25) is 9.80 Å². The first-order valence-corrected chi connectivity index (χ1v) is 10.8. The van der Waals surface area contributed by atoms with Crippen molar-refractivity contribution in [2.45, 2.75) is 18.4 Å². The number of sulfone groups is 1. The van der Waals surface area contributed by atoms with E-state index in [0.29, 0.717) is 13.2 Å². The number of hydrazone groups is 1. The van der Waals surface area contributed by atoms with Gasteiger partial charge in [0.15, 0.2) is 0 Å². The van der Waals surface area contributed by atoms with Crippen molar-refractivity contribution in [3.63, 3.8) is 0 Å². The van der Waals surface area contributed by atoms with E-state index in [1.807, 2.05) is 0 Å². The van der Waals surface area contributed by atoms with Crippen LogP contribution in [0.25, 0.3) is 0 Å². The predicted octanol–water partition coefficient (Wildman–Crippen LogP) is 2.24. The van der Waals surface area contributed by atoms with Crippen molar-refractivity contribution < 1.29 is 26.7 Å². The van der Waals surface area contributed by atoms with E-state index in [2.05, 4.69) is 5.10 Å². The van der Waals surface area contributed by atoms with Gasteiger partial charge in [-0.25, -0.2) is 17.2 Å². The molecule has 158 valence electrons. The van der Waals surface area contributed by atoms with Gasteiger partial charge in [0.05, 0.1) is 30.3 Å². The van der Waals surface area contributed by atoms with Crippen LogP contribution in [0, 0.1) is 18.6 Å². The van der Waals surface area contributed by atoms with Crippen molar-refractivity contribution in [1.29, 1.82) is 0 Å². The SMILES string of the molecule is Cc1ccc2c(c1)N(Cc1cc(F)cc(F)c1)N=C(C(=O)N1CCOCC1)S2(=O)=O. The molecule has 0 unspecified atom stereocenters. The van der Waals surface area contributed by atoms with E-state index in [-0.39, 0.29) is 35.8 Å². The monoisotopic (exact) mass is 435 g/mol. The molecule has 0 bridgehead atoms. The van der Waals surface area contributed by atoms with Crippen LogP contribution >= 0.6 is 0 Å². The Bertz CT molecular complexity index is 1120. The van der Waals surface area contributed by atoms with Crippen LogP contribution in [-0.4, -0.2) is 50.6 Å². The molecule has 1 fully saturated rings. The van der Waals surface area contributed by atoms with Gasteiger partial charge >= 0.3 is 0 Å². The molecule has 4 rings (SSSR count). The third-order valence-corrected chi connectivity index (χ3v) is 6.57. The lowest BCUT2D eigenvalue weighted by Gasteiger charge is -2.31. The maximum atomic E-state index is 13.7. The molecule has 2 aliphatic rings. The van der Waals surface area contributed by atoms with Crippen LogP contribution in [0.3, 0.4) is 0 Å². The highest BCUT2D eigenvalue weighted by Gasteiger charge is 2.39. The van der Waals surface area contributed by atoms with Gasteiger partial charge in [-0.1, -0.05) is 6.07 Å². The van der Waals surface area contributed by atoms with E-state index in [0.717, 1.165) is 23.8 Å². The summed E-state index contributed by atoms with van der Waals surface area (Å²) in [6, 6.07) is 7.68. The smallest absolute Gasteiger partial charge is 0.286 e. The van der Waals surface area contributed by atoms with E-state index >= 15 is 0 Å². The van der Waals surface area contributed by atoms with Gasteiger partial charge < -0.3 is 9.64 Å². The number of halogens is 2. The van der Waals surface area contributed by atoms with Gasteiger partial charge in [-0.15, -0.1) is 0 Å². The van der Waals surface area contributed by atoms with Gasteiger partial charge in [0.25, 0.3) is 5.91 Å². The van der Waals surface area contributed by atoms with E-state index in [1.54, 1.807) is 19.1 Å². The fourth-order valence-electron chi connectivity index (χ4n) is 3.43. The topological polar surface area (TPSA) is 79.3 Å². The standard InChI is InChI=1S/C20H19F2N3O4S/c1-13-2-3-18-17(8-13)25(12-14-9-15(21)11-16(22)10-14)23-19(30(18,27)28)20(26)24-4-6-29-7-5-24/h2-3,8-11H,4-7,12H2,1H3. The Hall–Kier alpha value is -2.85. The zero-order valence-electron chi connectivity index (χ0n) is 16.1. The van der Waals surface area contributed by atoms with E-state index in [4.69, 9.17) is 4.74 Å². The first-order valence-electron chi connectivity index (χ1n) is 9.29. The Morgan fingerprint density at radius 3 is 2.43 bits per heavy atom. The molecule has 2 aromatic carbocycles. The van der Waals surface area contributed by atoms with Crippen LogP contribution in [0.1, 0.15) is 11.1 Å². The van der Waals surface area contributed by atoms with Gasteiger partial charge in [0.2, 0.25) is 14.9 Å². The summed E-state index contributed by atoms with van der Waals surface area (Å²) in [6.45, 7) is 2.79. The number of nitrogens with zero attached hydrogens (tertiary/aromatic N) is 3. The number of rotatable bonds is 3. The third kappa shape index (κ3) is 3.80. The van der Waals surface area contributed by atoms with Gasteiger partial charge in [0, 0.05) is 19.2 Å². The molecule has 1 amide bonds. The molecule has 0 saturated carbocycles. The average molecular weight is 435 g/mol. The number of hydrogen-bond donors (Lipinski definition) is 0. The number of anilines is 1. The molecule has 2 heterocycles. The number of fused-ring (bicyclic) bond motifs is 1. The first-order chi connectivity index (χ1) is 14.3. The van der Waals surface area contributed by atoms with E-state index < -0.39 is 32.4 Å². The minimum absolute atomic E-state index is 0.0726.